The Balaban J connectivity index is 1.70. The van der Waals surface area contributed by atoms with Crippen molar-refractivity contribution in [3.8, 4) is 0 Å². The molecule has 2 unspecified atom stereocenters. The van der Waals surface area contributed by atoms with E-state index in [2.05, 4.69) is 5.32 Å². The maximum atomic E-state index is 13.3. The molecule has 1 amide bonds. The van der Waals surface area contributed by atoms with Gasteiger partial charge in [0.25, 0.3) is 0 Å². The van der Waals surface area contributed by atoms with E-state index in [1.54, 1.807) is 6.07 Å². The van der Waals surface area contributed by atoms with Gasteiger partial charge in [-0.05, 0) is 43.9 Å². The normalized spacial score (nSPS) is 24.8. The Morgan fingerprint density at radius 1 is 1.37 bits per heavy atom. The van der Waals surface area contributed by atoms with E-state index in [4.69, 9.17) is 0 Å². The van der Waals surface area contributed by atoms with E-state index in [-0.39, 0.29) is 23.8 Å². The van der Waals surface area contributed by atoms with E-state index in [1.165, 1.54) is 25.0 Å². The number of carbonyl (C=O) groups is 1. The fourth-order valence-corrected chi connectivity index (χ4v) is 2.72. The van der Waals surface area contributed by atoms with Crippen molar-refractivity contribution >= 4 is 5.91 Å². The minimum atomic E-state index is -0.247. The Morgan fingerprint density at radius 3 is 2.84 bits per heavy atom. The molecule has 2 fully saturated rings. The minimum absolute atomic E-state index is 0.0384. The summed E-state index contributed by atoms with van der Waals surface area (Å²) >= 11 is 0. The van der Waals surface area contributed by atoms with Crippen molar-refractivity contribution in [3.05, 3.63) is 35.6 Å². The Hall–Kier alpha value is -1.42. The molecule has 0 aromatic heterocycles. The van der Waals surface area contributed by atoms with E-state index >= 15 is 0 Å². The molecule has 3 rings (SSSR count). The zero-order chi connectivity index (χ0) is 13.4. The number of rotatable bonds is 4. The first-order chi connectivity index (χ1) is 9.15. The lowest BCUT2D eigenvalue weighted by molar-refractivity contribution is -0.131. The number of nitrogens with one attached hydrogen (secondary N) is 1. The second kappa shape index (κ2) is 4.93. The molecule has 1 heterocycles. The molecule has 0 radical (unpaired) electrons. The number of nitrogens with zero attached hydrogens (tertiary/aromatic N) is 1. The summed E-state index contributed by atoms with van der Waals surface area (Å²) in [6, 6.07) is 6.96. The van der Waals surface area contributed by atoms with Gasteiger partial charge in [0, 0.05) is 12.6 Å². The Morgan fingerprint density at radius 2 is 2.16 bits per heavy atom. The van der Waals surface area contributed by atoms with Crippen LogP contribution in [0, 0.1) is 5.82 Å². The number of halogens is 1. The summed E-state index contributed by atoms with van der Waals surface area (Å²) in [6.07, 6.45) is 3.22. The molecule has 1 saturated carbocycles. The predicted octanol–water partition coefficient (Wildman–Crippen LogP) is 2.24. The topological polar surface area (TPSA) is 32.3 Å². The van der Waals surface area contributed by atoms with E-state index in [0.29, 0.717) is 6.04 Å². The maximum absolute atomic E-state index is 13.3. The van der Waals surface area contributed by atoms with Gasteiger partial charge in [0.15, 0.2) is 0 Å². The molecule has 19 heavy (non-hydrogen) atoms. The molecule has 0 bridgehead atoms. The van der Waals surface area contributed by atoms with Gasteiger partial charge in [0.05, 0.1) is 12.1 Å². The maximum Gasteiger partial charge on any atom is 0.240 e. The average Bonchev–Trinajstić information content (AvgIpc) is 3.14. The molecule has 0 spiro atoms. The Bertz CT molecular complexity index is 487. The molecule has 4 heteroatoms. The molecule has 1 N–H and O–H groups in total. The molecule has 1 aromatic rings. The Labute approximate surface area is 112 Å². The Kier molecular flexibility index (Phi) is 3.27. The average molecular weight is 262 g/mol. The molecule has 2 aliphatic rings. The van der Waals surface area contributed by atoms with Crippen molar-refractivity contribution in [2.45, 2.75) is 44.3 Å². The summed E-state index contributed by atoms with van der Waals surface area (Å²) in [7, 11) is 0. The smallest absolute Gasteiger partial charge is 0.240 e. The summed E-state index contributed by atoms with van der Waals surface area (Å²) < 4.78 is 13.3. The van der Waals surface area contributed by atoms with Crippen LogP contribution in [-0.4, -0.2) is 29.4 Å². The number of amides is 1. The summed E-state index contributed by atoms with van der Waals surface area (Å²) in [5, 5.41) is 3.38. The molecule has 102 valence electrons. The summed E-state index contributed by atoms with van der Waals surface area (Å²) in [5.41, 5.74) is 0.862. The van der Waals surface area contributed by atoms with E-state index in [1.807, 2.05) is 17.9 Å². The lowest BCUT2D eigenvalue weighted by Gasteiger charge is -2.25. The molecule has 1 aromatic carbocycles. The lowest BCUT2D eigenvalue weighted by atomic mass is 10.1. The first-order valence-electron chi connectivity index (χ1n) is 6.97. The van der Waals surface area contributed by atoms with Gasteiger partial charge in [0.1, 0.15) is 5.82 Å². The first kappa shape index (κ1) is 12.6. The van der Waals surface area contributed by atoms with Crippen LogP contribution in [0.5, 0.6) is 0 Å². The van der Waals surface area contributed by atoms with Gasteiger partial charge in [0.2, 0.25) is 5.91 Å². The standard InChI is InChI=1S/C15H19FN2O/c1-10(11-3-2-4-12(16)9-11)18-8-7-14(15(18)19)17-13-5-6-13/h2-4,9-10,13-14,17H,5-8H2,1H3. The van der Waals surface area contributed by atoms with Gasteiger partial charge in [-0.15, -0.1) is 0 Å². The van der Waals surface area contributed by atoms with Crippen LogP contribution < -0.4 is 5.32 Å². The predicted molar refractivity (Wildman–Crippen MR) is 71.1 cm³/mol. The molecule has 3 nitrogen and oxygen atoms in total. The van der Waals surface area contributed by atoms with E-state index in [9.17, 15) is 9.18 Å². The number of hydrogen-bond donors (Lipinski definition) is 1. The van der Waals surface area contributed by atoms with Crippen molar-refractivity contribution in [1.29, 1.82) is 0 Å². The van der Waals surface area contributed by atoms with Gasteiger partial charge >= 0.3 is 0 Å². The quantitative estimate of drug-likeness (QED) is 0.902. The summed E-state index contributed by atoms with van der Waals surface area (Å²) in [4.78, 5) is 14.2. The van der Waals surface area contributed by atoms with Crippen LogP contribution in [0.4, 0.5) is 4.39 Å². The molecule has 2 atom stereocenters. The van der Waals surface area contributed by atoms with Crippen molar-refractivity contribution in [1.82, 2.24) is 10.2 Å². The zero-order valence-corrected chi connectivity index (χ0v) is 11.1. The highest BCUT2D eigenvalue weighted by molar-refractivity contribution is 5.84. The molecule has 1 aliphatic carbocycles. The van der Waals surface area contributed by atoms with Crippen LogP contribution >= 0.6 is 0 Å². The van der Waals surface area contributed by atoms with Crippen LogP contribution in [0.1, 0.15) is 37.8 Å². The second-order valence-corrected chi connectivity index (χ2v) is 5.54. The largest absolute Gasteiger partial charge is 0.335 e. The van der Waals surface area contributed by atoms with E-state index in [0.717, 1.165) is 18.5 Å². The highest BCUT2D eigenvalue weighted by atomic mass is 19.1. The van der Waals surface area contributed by atoms with E-state index < -0.39 is 0 Å². The fourth-order valence-electron chi connectivity index (χ4n) is 2.72. The zero-order valence-electron chi connectivity index (χ0n) is 11.1. The molecule has 1 aliphatic heterocycles. The van der Waals surface area contributed by atoms with Gasteiger partial charge in [-0.1, -0.05) is 12.1 Å². The van der Waals surface area contributed by atoms with Gasteiger partial charge in [-0.3, -0.25) is 4.79 Å². The third-order valence-corrected chi connectivity index (χ3v) is 4.05. The summed E-state index contributed by atoms with van der Waals surface area (Å²) in [5.74, 6) is -0.0905. The number of benzene rings is 1. The van der Waals surface area contributed by atoms with Gasteiger partial charge < -0.3 is 10.2 Å². The molecular weight excluding hydrogens is 243 g/mol. The van der Waals surface area contributed by atoms with Crippen molar-refractivity contribution < 1.29 is 9.18 Å². The number of likely N-dealkylation sites (tertiary alicyclic amines) is 1. The third-order valence-electron chi connectivity index (χ3n) is 4.05. The van der Waals surface area contributed by atoms with Crippen molar-refractivity contribution in [2.24, 2.45) is 0 Å². The lowest BCUT2D eigenvalue weighted by Crippen LogP contribution is -2.40. The highest BCUT2D eigenvalue weighted by Crippen LogP contribution is 2.28. The van der Waals surface area contributed by atoms with Gasteiger partial charge in [-0.25, -0.2) is 4.39 Å². The second-order valence-electron chi connectivity index (χ2n) is 5.54. The first-order valence-corrected chi connectivity index (χ1v) is 6.97. The van der Waals surface area contributed by atoms with Crippen LogP contribution in [0.2, 0.25) is 0 Å². The van der Waals surface area contributed by atoms with Crippen LogP contribution in [0.15, 0.2) is 24.3 Å². The number of carbonyl (C=O) groups excluding carboxylic acids is 1. The summed E-state index contributed by atoms with van der Waals surface area (Å²) in [6.45, 7) is 2.72. The third kappa shape index (κ3) is 2.63. The van der Waals surface area contributed by atoms with Crippen LogP contribution in [0.25, 0.3) is 0 Å². The van der Waals surface area contributed by atoms with Gasteiger partial charge in [-0.2, -0.15) is 0 Å². The van der Waals surface area contributed by atoms with Crippen LogP contribution in [-0.2, 0) is 4.79 Å². The monoisotopic (exact) mass is 262 g/mol. The molecular formula is C15H19FN2O. The van der Waals surface area contributed by atoms with Crippen LogP contribution in [0.3, 0.4) is 0 Å². The van der Waals surface area contributed by atoms with Crippen molar-refractivity contribution in [3.63, 3.8) is 0 Å². The minimum Gasteiger partial charge on any atom is -0.335 e. The number of hydrogen-bond acceptors (Lipinski definition) is 2. The SMILES string of the molecule is CC(c1cccc(F)c1)N1CCC(NC2CC2)C1=O. The highest BCUT2D eigenvalue weighted by Gasteiger charge is 2.37. The molecule has 1 saturated heterocycles. The fraction of sp³-hybridized carbons (Fsp3) is 0.533. The van der Waals surface area contributed by atoms with Crippen molar-refractivity contribution in [2.75, 3.05) is 6.54 Å².